The van der Waals surface area contributed by atoms with Gasteiger partial charge in [0, 0.05) is 17.1 Å². The Morgan fingerprint density at radius 2 is 2.21 bits per heavy atom. The molecule has 1 aliphatic rings. The topological polar surface area (TPSA) is 71.2 Å². The van der Waals surface area contributed by atoms with Gasteiger partial charge < -0.3 is 11.1 Å². The Balaban J connectivity index is 1.71. The standard InChI is InChI=1S/C18H24N4OS/c1-12-17(24-13(2)21-12)10-20-15-7-4-3-6-14(15)11-22-9-5-8-16(22)18(19)23/h3-4,6-7,16,20H,5,8-11H2,1-2H3,(H2,19,23)/t16-/m0/s1. The molecule has 0 saturated carbocycles. The number of carbonyl (C=O) groups excluding carboxylic acids is 1. The van der Waals surface area contributed by atoms with Crippen LogP contribution in [0.3, 0.4) is 0 Å². The summed E-state index contributed by atoms with van der Waals surface area (Å²) in [6, 6.07) is 8.14. The van der Waals surface area contributed by atoms with Gasteiger partial charge in [-0.05, 0) is 44.9 Å². The molecule has 128 valence electrons. The summed E-state index contributed by atoms with van der Waals surface area (Å²) in [7, 11) is 0. The van der Waals surface area contributed by atoms with E-state index < -0.39 is 0 Å². The van der Waals surface area contributed by atoms with Crippen LogP contribution in [0.5, 0.6) is 0 Å². The molecule has 1 fully saturated rings. The Labute approximate surface area is 146 Å². The number of thiazole rings is 1. The molecule has 0 unspecified atom stereocenters. The molecule has 24 heavy (non-hydrogen) atoms. The zero-order chi connectivity index (χ0) is 17.1. The number of aryl methyl sites for hydroxylation is 2. The van der Waals surface area contributed by atoms with Crippen LogP contribution in [0, 0.1) is 13.8 Å². The normalized spacial score (nSPS) is 18.0. The first-order chi connectivity index (χ1) is 11.5. The van der Waals surface area contributed by atoms with Crippen LogP contribution in [0.4, 0.5) is 5.69 Å². The van der Waals surface area contributed by atoms with Gasteiger partial charge >= 0.3 is 0 Å². The number of para-hydroxylation sites is 1. The van der Waals surface area contributed by atoms with Crippen molar-refractivity contribution in [2.75, 3.05) is 11.9 Å². The lowest BCUT2D eigenvalue weighted by Crippen LogP contribution is -2.39. The Bertz CT molecular complexity index is 728. The lowest BCUT2D eigenvalue weighted by atomic mass is 10.1. The van der Waals surface area contributed by atoms with Gasteiger partial charge in [0.05, 0.1) is 23.3 Å². The van der Waals surface area contributed by atoms with Crippen molar-refractivity contribution in [3.8, 4) is 0 Å². The third-order valence-electron chi connectivity index (χ3n) is 4.52. The fourth-order valence-electron chi connectivity index (χ4n) is 3.30. The molecule has 0 aliphatic carbocycles. The predicted molar refractivity (Wildman–Crippen MR) is 98.0 cm³/mol. The van der Waals surface area contributed by atoms with Crippen LogP contribution in [0.2, 0.25) is 0 Å². The number of amides is 1. The summed E-state index contributed by atoms with van der Waals surface area (Å²) in [5.41, 5.74) is 8.93. The minimum Gasteiger partial charge on any atom is -0.380 e. The van der Waals surface area contributed by atoms with E-state index in [9.17, 15) is 4.79 Å². The van der Waals surface area contributed by atoms with Gasteiger partial charge in [-0.15, -0.1) is 11.3 Å². The van der Waals surface area contributed by atoms with E-state index in [0.717, 1.165) is 48.9 Å². The van der Waals surface area contributed by atoms with Crippen molar-refractivity contribution >= 4 is 22.9 Å². The largest absolute Gasteiger partial charge is 0.380 e. The SMILES string of the molecule is Cc1nc(C)c(CNc2ccccc2CN2CCC[C@H]2C(N)=O)s1. The van der Waals surface area contributed by atoms with Gasteiger partial charge in [0.25, 0.3) is 0 Å². The van der Waals surface area contributed by atoms with E-state index in [1.54, 1.807) is 11.3 Å². The zero-order valence-electron chi connectivity index (χ0n) is 14.2. The highest BCUT2D eigenvalue weighted by Crippen LogP contribution is 2.25. The average Bonchev–Trinajstić information content (AvgIpc) is 3.13. The van der Waals surface area contributed by atoms with Gasteiger partial charge in [0.2, 0.25) is 5.91 Å². The molecule has 1 saturated heterocycles. The monoisotopic (exact) mass is 344 g/mol. The molecule has 3 rings (SSSR count). The molecule has 5 nitrogen and oxygen atoms in total. The molecule has 2 aromatic rings. The van der Waals surface area contributed by atoms with Crippen molar-refractivity contribution in [3.63, 3.8) is 0 Å². The van der Waals surface area contributed by atoms with Gasteiger partial charge in [0.1, 0.15) is 0 Å². The summed E-state index contributed by atoms with van der Waals surface area (Å²) < 4.78 is 0. The number of likely N-dealkylation sites (tertiary alicyclic amines) is 1. The number of nitrogens with zero attached hydrogens (tertiary/aromatic N) is 2. The van der Waals surface area contributed by atoms with Gasteiger partial charge in [0.15, 0.2) is 0 Å². The van der Waals surface area contributed by atoms with Gasteiger partial charge in [-0.2, -0.15) is 0 Å². The van der Waals surface area contributed by atoms with Crippen molar-refractivity contribution < 1.29 is 4.79 Å². The molecule has 0 spiro atoms. The number of benzene rings is 1. The number of hydrogen-bond acceptors (Lipinski definition) is 5. The summed E-state index contributed by atoms with van der Waals surface area (Å²) in [5, 5.41) is 4.63. The second-order valence-electron chi connectivity index (χ2n) is 6.28. The molecule has 1 aromatic heterocycles. The molecule has 0 bridgehead atoms. The number of carbonyl (C=O) groups is 1. The maximum Gasteiger partial charge on any atom is 0.234 e. The molecular formula is C18H24N4OS. The maximum absolute atomic E-state index is 11.6. The number of nitrogens with one attached hydrogen (secondary N) is 1. The Hall–Kier alpha value is -1.92. The Kier molecular flexibility index (Phi) is 5.16. The van der Waals surface area contributed by atoms with Crippen molar-refractivity contribution in [3.05, 3.63) is 45.4 Å². The number of rotatable bonds is 6. The highest BCUT2D eigenvalue weighted by atomic mass is 32.1. The first-order valence-electron chi connectivity index (χ1n) is 8.32. The number of anilines is 1. The van der Waals surface area contributed by atoms with Crippen molar-refractivity contribution in [1.29, 1.82) is 0 Å². The quantitative estimate of drug-likeness (QED) is 0.845. The van der Waals surface area contributed by atoms with Crippen LogP contribution < -0.4 is 11.1 Å². The second-order valence-corrected chi connectivity index (χ2v) is 7.57. The summed E-state index contributed by atoms with van der Waals surface area (Å²) in [6.45, 7) is 6.53. The first kappa shape index (κ1) is 16.9. The molecule has 6 heteroatoms. The van der Waals surface area contributed by atoms with Crippen molar-refractivity contribution in [1.82, 2.24) is 9.88 Å². The number of hydrogen-bond donors (Lipinski definition) is 2. The minimum atomic E-state index is -0.214. The fourth-order valence-corrected chi connectivity index (χ4v) is 4.18. The first-order valence-corrected chi connectivity index (χ1v) is 9.14. The average molecular weight is 344 g/mol. The number of aromatic nitrogens is 1. The van der Waals surface area contributed by atoms with E-state index in [4.69, 9.17) is 5.73 Å². The van der Waals surface area contributed by atoms with Gasteiger partial charge in [-0.25, -0.2) is 4.98 Å². The minimum absolute atomic E-state index is 0.135. The Morgan fingerprint density at radius 3 is 2.92 bits per heavy atom. The third-order valence-corrected chi connectivity index (χ3v) is 5.59. The van der Waals surface area contributed by atoms with Crippen LogP contribution in [-0.2, 0) is 17.9 Å². The molecule has 1 aromatic carbocycles. The van der Waals surface area contributed by atoms with Gasteiger partial charge in [-0.3, -0.25) is 9.69 Å². The summed E-state index contributed by atoms with van der Waals surface area (Å²) >= 11 is 1.73. The number of nitrogens with two attached hydrogens (primary N) is 1. The summed E-state index contributed by atoms with van der Waals surface area (Å²) in [4.78, 5) is 19.5. The van der Waals surface area contributed by atoms with E-state index in [1.807, 2.05) is 26.0 Å². The Morgan fingerprint density at radius 1 is 1.42 bits per heavy atom. The van der Waals surface area contributed by atoms with Crippen molar-refractivity contribution in [2.24, 2.45) is 5.73 Å². The molecule has 1 atom stereocenters. The lowest BCUT2D eigenvalue weighted by Gasteiger charge is -2.23. The van der Waals surface area contributed by atoms with E-state index in [-0.39, 0.29) is 11.9 Å². The third kappa shape index (κ3) is 3.76. The number of primary amides is 1. The molecule has 0 radical (unpaired) electrons. The van der Waals surface area contributed by atoms with Crippen LogP contribution >= 0.6 is 11.3 Å². The molecular weight excluding hydrogens is 320 g/mol. The van der Waals surface area contributed by atoms with E-state index in [1.165, 1.54) is 10.4 Å². The fraction of sp³-hybridized carbons (Fsp3) is 0.444. The molecule has 1 aliphatic heterocycles. The smallest absolute Gasteiger partial charge is 0.234 e. The predicted octanol–water partition coefficient (Wildman–Crippen LogP) is 2.82. The molecule has 2 heterocycles. The highest BCUT2D eigenvalue weighted by molar-refractivity contribution is 7.11. The maximum atomic E-state index is 11.6. The summed E-state index contributed by atoms with van der Waals surface area (Å²) in [6.07, 6.45) is 1.90. The van der Waals surface area contributed by atoms with E-state index in [0.29, 0.717) is 0 Å². The lowest BCUT2D eigenvalue weighted by molar-refractivity contribution is -0.122. The molecule has 1 amide bonds. The molecule has 3 N–H and O–H groups in total. The summed E-state index contributed by atoms with van der Waals surface area (Å²) in [5.74, 6) is -0.214. The zero-order valence-corrected chi connectivity index (χ0v) is 15.0. The van der Waals surface area contributed by atoms with Crippen LogP contribution in [0.15, 0.2) is 24.3 Å². The second kappa shape index (κ2) is 7.32. The van der Waals surface area contributed by atoms with Crippen LogP contribution in [0.1, 0.15) is 34.0 Å². The van der Waals surface area contributed by atoms with Crippen LogP contribution in [-0.4, -0.2) is 28.4 Å². The van der Waals surface area contributed by atoms with Gasteiger partial charge in [-0.1, -0.05) is 18.2 Å². The van der Waals surface area contributed by atoms with E-state index >= 15 is 0 Å². The van der Waals surface area contributed by atoms with E-state index in [2.05, 4.69) is 27.3 Å². The van der Waals surface area contributed by atoms with Crippen molar-refractivity contribution in [2.45, 2.75) is 45.8 Å². The highest BCUT2D eigenvalue weighted by Gasteiger charge is 2.29. The van der Waals surface area contributed by atoms with Crippen LogP contribution in [0.25, 0.3) is 0 Å².